The maximum Gasteiger partial charge on any atom is 0.259 e. The average Bonchev–Trinajstić information content (AvgIpc) is 3.02. The molecule has 0 radical (unpaired) electrons. The molecule has 1 aromatic heterocycles. The van der Waals surface area contributed by atoms with Gasteiger partial charge in [0.25, 0.3) is 5.91 Å². The lowest BCUT2D eigenvalue weighted by atomic mass is 10.1. The fourth-order valence-electron chi connectivity index (χ4n) is 2.46. The Morgan fingerprint density at radius 2 is 1.83 bits per heavy atom. The van der Waals surface area contributed by atoms with Crippen molar-refractivity contribution in [1.29, 1.82) is 0 Å². The standard InChI is InChI=1S/C18H17N3O2/c1-2-16-14(12-19-21(16)13-8-4-3-5-9-13)18(23)20-15-10-6-7-11-17(15)22/h3-12,22H,2H2,1H3,(H,20,23). The molecule has 2 N–H and O–H groups in total. The van der Waals surface area contributed by atoms with Gasteiger partial charge in [-0.2, -0.15) is 5.10 Å². The van der Waals surface area contributed by atoms with E-state index in [0.29, 0.717) is 17.7 Å². The number of hydrogen-bond acceptors (Lipinski definition) is 3. The summed E-state index contributed by atoms with van der Waals surface area (Å²) < 4.78 is 1.76. The summed E-state index contributed by atoms with van der Waals surface area (Å²) in [6, 6.07) is 16.3. The molecule has 0 aliphatic rings. The first-order valence-corrected chi connectivity index (χ1v) is 7.42. The van der Waals surface area contributed by atoms with Gasteiger partial charge < -0.3 is 10.4 Å². The van der Waals surface area contributed by atoms with E-state index in [1.54, 1.807) is 29.1 Å². The van der Waals surface area contributed by atoms with Crippen LogP contribution in [0, 0.1) is 0 Å². The number of phenols is 1. The second-order valence-electron chi connectivity index (χ2n) is 5.08. The van der Waals surface area contributed by atoms with Gasteiger partial charge in [0, 0.05) is 0 Å². The number of rotatable bonds is 4. The van der Waals surface area contributed by atoms with Gasteiger partial charge in [-0.15, -0.1) is 0 Å². The summed E-state index contributed by atoms with van der Waals surface area (Å²) in [6.07, 6.45) is 2.22. The molecule has 0 aliphatic carbocycles. The molecule has 116 valence electrons. The molecule has 0 bridgehead atoms. The number of para-hydroxylation sites is 3. The number of hydrogen-bond donors (Lipinski definition) is 2. The molecule has 0 saturated heterocycles. The van der Waals surface area contributed by atoms with Gasteiger partial charge in [0.2, 0.25) is 0 Å². The number of nitrogens with zero attached hydrogens (tertiary/aromatic N) is 2. The van der Waals surface area contributed by atoms with Gasteiger partial charge in [-0.25, -0.2) is 4.68 Å². The number of carbonyl (C=O) groups is 1. The Kier molecular flexibility index (Phi) is 4.10. The van der Waals surface area contributed by atoms with E-state index in [2.05, 4.69) is 10.4 Å². The molecule has 0 fully saturated rings. The zero-order chi connectivity index (χ0) is 16.2. The summed E-state index contributed by atoms with van der Waals surface area (Å²) in [5.74, 6) is -0.250. The highest BCUT2D eigenvalue weighted by atomic mass is 16.3. The third-order valence-electron chi connectivity index (χ3n) is 3.60. The lowest BCUT2D eigenvalue weighted by Gasteiger charge is -2.09. The van der Waals surface area contributed by atoms with Crippen molar-refractivity contribution in [3.8, 4) is 11.4 Å². The lowest BCUT2D eigenvalue weighted by Crippen LogP contribution is -2.14. The highest BCUT2D eigenvalue weighted by Crippen LogP contribution is 2.23. The smallest absolute Gasteiger partial charge is 0.259 e. The Morgan fingerprint density at radius 1 is 1.13 bits per heavy atom. The summed E-state index contributed by atoms with van der Waals surface area (Å²) in [5.41, 5.74) is 2.61. The molecular weight excluding hydrogens is 290 g/mol. The van der Waals surface area contributed by atoms with Crippen LogP contribution in [0.3, 0.4) is 0 Å². The van der Waals surface area contributed by atoms with Crippen LogP contribution in [0.4, 0.5) is 5.69 Å². The molecule has 0 saturated carbocycles. The van der Waals surface area contributed by atoms with Crippen molar-refractivity contribution in [1.82, 2.24) is 9.78 Å². The number of aromatic hydroxyl groups is 1. The summed E-state index contributed by atoms with van der Waals surface area (Å²) in [4.78, 5) is 12.5. The van der Waals surface area contributed by atoms with Gasteiger partial charge in [0.05, 0.1) is 28.8 Å². The van der Waals surface area contributed by atoms with Crippen molar-refractivity contribution in [2.24, 2.45) is 0 Å². The van der Waals surface area contributed by atoms with Gasteiger partial charge >= 0.3 is 0 Å². The normalized spacial score (nSPS) is 10.5. The Morgan fingerprint density at radius 3 is 2.52 bits per heavy atom. The van der Waals surface area contributed by atoms with E-state index >= 15 is 0 Å². The molecule has 5 nitrogen and oxygen atoms in total. The Hall–Kier alpha value is -3.08. The van der Waals surface area contributed by atoms with Gasteiger partial charge in [0.1, 0.15) is 5.75 Å². The third kappa shape index (κ3) is 2.94. The van der Waals surface area contributed by atoms with Crippen LogP contribution in [-0.4, -0.2) is 20.8 Å². The van der Waals surface area contributed by atoms with E-state index in [1.807, 2.05) is 37.3 Å². The van der Waals surface area contributed by atoms with Crippen molar-refractivity contribution in [3.05, 3.63) is 72.1 Å². The van der Waals surface area contributed by atoms with Crippen LogP contribution in [0.1, 0.15) is 23.0 Å². The van der Waals surface area contributed by atoms with Crippen LogP contribution < -0.4 is 5.32 Å². The van der Waals surface area contributed by atoms with Crippen LogP contribution in [0.15, 0.2) is 60.8 Å². The summed E-state index contributed by atoms with van der Waals surface area (Å²) in [6.45, 7) is 1.98. The lowest BCUT2D eigenvalue weighted by molar-refractivity contribution is 0.102. The number of anilines is 1. The van der Waals surface area contributed by atoms with Crippen LogP contribution >= 0.6 is 0 Å². The highest BCUT2D eigenvalue weighted by Gasteiger charge is 2.18. The van der Waals surface area contributed by atoms with Crippen LogP contribution in [-0.2, 0) is 6.42 Å². The van der Waals surface area contributed by atoms with E-state index in [9.17, 15) is 9.90 Å². The molecular formula is C18H17N3O2. The molecule has 0 aliphatic heterocycles. The maximum absolute atomic E-state index is 12.5. The fraction of sp³-hybridized carbons (Fsp3) is 0.111. The van der Waals surface area contributed by atoms with Gasteiger partial charge in [-0.3, -0.25) is 4.79 Å². The number of carbonyl (C=O) groups excluding carboxylic acids is 1. The number of phenolic OH excluding ortho intramolecular Hbond substituents is 1. The quantitative estimate of drug-likeness (QED) is 0.726. The van der Waals surface area contributed by atoms with Crippen molar-refractivity contribution < 1.29 is 9.90 Å². The predicted octanol–water partition coefficient (Wildman–Crippen LogP) is 3.39. The fourth-order valence-corrected chi connectivity index (χ4v) is 2.46. The molecule has 0 unspecified atom stereocenters. The molecule has 3 aromatic rings. The van der Waals surface area contributed by atoms with Crippen LogP contribution in [0.5, 0.6) is 5.75 Å². The number of aromatic nitrogens is 2. The number of amides is 1. The highest BCUT2D eigenvalue weighted by molar-refractivity contribution is 6.05. The summed E-state index contributed by atoms with van der Waals surface area (Å²) in [5, 5.41) is 16.8. The van der Waals surface area contributed by atoms with E-state index in [-0.39, 0.29) is 11.7 Å². The third-order valence-corrected chi connectivity index (χ3v) is 3.60. The Balaban J connectivity index is 1.93. The number of nitrogens with one attached hydrogen (secondary N) is 1. The molecule has 2 aromatic carbocycles. The van der Waals surface area contributed by atoms with Gasteiger partial charge in [-0.1, -0.05) is 37.3 Å². The van der Waals surface area contributed by atoms with Crippen molar-refractivity contribution in [2.45, 2.75) is 13.3 Å². The second kappa shape index (κ2) is 6.36. The second-order valence-corrected chi connectivity index (χ2v) is 5.08. The molecule has 3 rings (SSSR count). The Bertz CT molecular complexity index is 825. The largest absolute Gasteiger partial charge is 0.506 e. The molecule has 0 spiro atoms. The molecule has 1 amide bonds. The van der Waals surface area contributed by atoms with Crippen LogP contribution in [0.25, 0.3) is 5.69 Å². The molecule has 1 heterocycles. The number of benzene rings is 2. The molecule has 5 heteroatoms. The molecule has 0 atom stereocenters. The average molecular weight is 307 g/mol. The van der Waals surface area contributed by atoms with Crippen molar-refractivity contribution in [2.75, 3.05) is 5.32 Å². The summed E-state index contributed by atoms with van der Waals surface area (Å²) in [7, 11) is 0. The molecule has 23 heavy (non-hydrogen) atoms. The topological polar surface area (TPSA) is 67.2 Å². The van der Waals surface area contributed by atoms with E-state index in [4.69, 9.17) is 0 Å². The van der Waals surface area contributed by atoms with Gasteiger partial charge in [-0.05, 0) is 30.7 Å². The predicted molar refractivity (Wildman–Crippen MR) is 89.0 cm³/mol. The maximum atomic E-state index is 12.5. The van der Waals surface area contributed by atoms with E-state index in [1.165, 1.54) is 6.07 Å². The minimum Gasteiger partial charge on any atom is -0.506 e. The minimum atomic E-state index is -0.287. The monoisotopic (exact) mass is 307 g/mol. The first-order valence-electron chi connectivity index (χ1n) is 7.42. The first kappa shape index (κ1) is 14.8. The SMILES string of the molecule is CCc1c(C(=O)Nc2ccccc2O)cnn1-c1ccccc1. The van der Waals surface area contributed by atoms with E-state index in [0.717, 1.165) is 11.4 Å². The van der Waals surface area contributed by atoms with Crippen LogP contribution in [0.2, 0.25) is 0 Å². The van der Waals surface area contributed by atoms with Crippen molar-refractivity contribution in [3.63, 3.8) is 0 Å². The zero-order valence-electron chi connectivity index (χ0n) is 12.7. The first-order chi connectivity index (χ1) is 11.2. The summed E-state index contributed by atoms with van der Waals surface area (Å²) >= 11 is 0. The Labute approximate surface area is 134 Å². The minimum absolute atomic E-state index is 0.0364. The van der Waals surface area contributed by atoms with Crippen molar-refractivity contribution >= 4 is 11.6 Å². The van der Waals surface area contributed by atoms with Gasteiger partial charge in [0.15, 0.2) is 0 Å². The zero-order valence-corrected chi connectivity index (χ0v) is 12.7. The van der Waals surface area contributed by atoms with E-state index < -0.39 is 0 Å².